The number of carbonyl (C=O) groups excluding carboxylic acids is 2. The molecule has 1 saturated carbocycles. The summed E-state index contributed by atoms with van der Waals surface area (Å²) in [5, 5.41) is 0.750. The molecule has 0 saturated heterocycles. The molecule has 1 aromatic heterocycles. The molecule has 0 radical (unpaired) electrons. The van der Waals surface area contributed by atoms with E-state index in [1.165, 1.54) is 22.5 Å². The van der Waals surface area contributed by atoms with Crippen molar-refractivity contribution in [3.05, 3.63) is 86.3 Å². The molecule has 50 heavy (non-hydrogen) atoms. The number of benzene rings is 2. The maximum atomic E-state index is 14.4. The average Bonchev–Trinajstić information content (AvgIpc) is 3.43. The summed E-state index contributed by atoms with van der Waals surface area (Å²) in [5.41, 5.74) is 6.23. The fourth-order valence-corrected chi connectivity index (χ4v) is 11.3. The van der Waals surface area contributed by atoms with E-state index in [0.717, 1.165) is 72.2 Å². The predicted octanol–water partition coefficient (Wildman–Crippen LogP) is 7.78. The van der Waals surface area contributed by atoms with Crippen molar-refractivity contribution in [2.75, 3.05) is 43.2 Å². The van der Waals surface area contributed by atoms with Gasteiger partial charge < -0.3 is 14.4 Å². The van der Waals surface area contributed by atoms with Crippen molar-refractivity contribution in [3.8, 4) is 5.75 Å². The number of ketones is 1. The molecule has 2 aliphatic heterocycles. The zero-order chi connectivity index (χ0) is 34.9. The number of hydrogen-bond acceptors (Lipinski definition) is 8. The fraction of sp³-hybridized carbons (Fsp3) is 0.513. The minimum atomic E-state index is -3.15. The van der Waals surface area contributed by atoms with E-state index >= 15 is 0 Å². The van der Waals surface area contributed by atoms with Crippen molar-refractivity contribution in [2.24, 2.45) is 16.2 Å². The van der Waals surface area contributed by atoms with Crippen LogP contribution in [-0.2, 0) is 37.5 Å². The number of carbonyl (C=O) groups is 2. The number of anilines is 1. The minimum Gasteiger partial charge on any atom is -0.490 e. The van der Waals surface area contributed by atoms with Crippen LogP contribution in [0.1, 0.15) is 77.0 Å². The summed E-state index contributed by atoms with van der Waals surface area (Å²) in [5.74, 6) is 0.741. The van der Waals surface area contributed by atoms with Gasteiger partial charge in [0.1, 0.15) is 11.5 Å². The number of aryl methyl sites for hydroxylation is 3. The van der Waals surface area contributed by atoms with Crippen LogP contribution < -0.4 is 9.64 Å². The van der Waals surface area contributed by atoms with Gasteiger partial charge >= 0.3 is 0 Å². The largest absolute Gasteiger partial charge is 0.490 e. The Morgan fingerprint density at radius 3 is 2.86 bits per heavy atom. The highest BCUT2D eigenvalue weighted by molar-refractivity contribution is 7.94. The van der Waals surface area contributed by atoms with Crippen molar-refractivity contribution >= 4 is 50.0 Å². The summed E-state index contributed by atoms with van der Waals surface area (Å²) < 4.78 is 31.4. The molecule has 7 rings (SSSR count). The van der Waals surface area contributed by atoms with Crippen LogP contribution in [0, 0.1) is 18.8 Å². The molecule has 1 spiro atoms. The van der Waals surface area contributed by atoms with Crippen LogP contribution in [0.15, 0.2) is 58.4 Å². The van der Waals surface area contributed by atoms with Gasteiger partial charge in [-0.2, -0.15) is 4.36 Å². The van der Waals surface area contributed by atoms with Crippen molar-refractivity contribution in [1.29, 1.82) is 0 Å². The van der Waals surface area contributed by atoms with Crippen molar-refractivity contribution in [2.45, 2.75) is 76.2 Å². The maximum Gasteiger partial charge on any atom is 0.285 e. The SMILES string of the molecule is CO[C@H]1/C=C/CCC[S@@](=O)(CC(=O)CCc2scnc2C)=NC(=O)c2ccc3c(c2)N(C[C@@H]2CC[C@H]21)C[C@@]1(CCCc2cc(Cl)ccc21)CO3. The number of amides is 1. The number of hydrogen-bond donors (Lipinski definition) is 0. The van der Waals surface area contributed by atoms with E-state index in [4.69, 9.17) is 21.1 Å². The van der Waals surface area contributed by atoms with E-state index in [-0.39, 0.29) is 35.2 Å². The van der Waals surface area contributed by atoms with E-state index in [0.29, 0.717) is 43.3 Å². The van der Waals surface area contributed by atoms with Gasteiger partial charge in [0.15, 0.2) is 0 Å². The predicted molar refractivity (Wildman–Crippen MR) is 200 cm³/mol. The van der Waals surface area contributed by atoms with Gasteiger partial charge in [-0.15, -0.1) is 11.3 Å². The number of methoxy groups -OCH3 is 1. The number of fused-ring (bicyclic) bond motifs is 4. The van der Waals surface area contributed by atoms with Crippen LogP contribution in [0.2, 0.25) is 5.02 Å². The van der Waals surface area contributed by atoms with Gasteiger partial charge in [-0.1, -0.05) is 29.8 Å². The van der Waals surface area contributed by atoms with Gasteiger partial charge in [0.2, 0.25) is 0 Å². The summed E-state index contributed by atoms with van der Waals surface area (Å²) >= 11 is 7.97. The minimum absolute atomic E-state index is 0.0189. The first-order valence-electron chi connectivity index (χ1n) is 17.8. The van der Waals surface area contributed by atoms with E-state index in [1.54, 1.807) is 18.7 Å². The quantitative estimate of drug-likeness (QED) is 0.239. The second kappa shape index (κ2) is 14.9. The molecule has 11 heteroatoms. The number of ether oxygens (including phenoxy) is 2. The van der Waals surface area contributed by atoms with E-state index in [9.17, 15) is 13.8 Å². The normalized spacial score (nSPS) is 28.7. The first-order chi connectivity index (χ1) is 24.1. The number of allylic oxidation sites excluding steroid dienone is 1. The Bertz CT molecular complexity index is 1920. The lowest BCUT2D eigenvalue weighted by molar-refractivity contribution is -0.116. The third kappa shape index (κ3) is 7.45. The first kappa shape index (κ1) is 35.4. The van der Waals surface area contributed by atoms with Crippen LogP contribution >= 0.6 is 22.9 Å². The van der Waals surface area contributed by atoms with Gasteiger partial charge in [-0.05, 0) is 112 Å². The van der Waals surface area contributed by atoms with Crippen molar-refractivity contribution < 1.29 is 23.3 Å². The summed E-state index contributed by atoms with van der Waals surface area (Å²) in [6.07, 6.45) is 11.5. The molecule has 2 bridgehead atoms. The Kier molecular flexibility index (Phi) is 10.5. The number of halogens is 1. The lowest BCUT2D eigenvalue weighted by Gasteiger charge is -2.46. The lowest BCUT2D eigenvalue weighted by Crippen LogP contribution is -2.49. The molecule has 2 aliphatic carbocycles. The Morgan fingerprint density at radius 2 is 2.08 bits per heavy atom. The standard InChI is InChI=1S/C39H46ClN3O5S2/c1-26-37(49-25-41-26)16-12-31(44)22-50(46)18-5-3-4-8-35(47-2)32-13-9-29(32)21-43-23-39(17-6-7-27-19-30(40)11-14-33(27)39)24-48-36-15-10-28(20-34(36)43)38(45)42-50/h4,8,10-11,14-15,19-20,25,29,32,35H,3,5-7,9,12-13,16-18,21-24H2,1-2H3/b8-4+/t29-,32+,35-,39-,50+/m0/s1. The number of aromatic nitrogens is 1. The second-order valence-corrected chi connectivity index (χ2v) is 18.3. The zero-order valence-corrected chi connectivity index (χ0v) is 31.3. The van der Waals surface area contributed by atoms with Gasteiger partial charge in [0.05, 0.1) is 45.1 Å². The monoisotopic (exact) mass is 735 g/mol. The van der Waals surface area contributed by atoms with Gasteiger partial charge in [-0.3, -0.25) is 9.59 Å². The molecular formula is C39H46ClN3O5S2. The van der Waals surface area contributed by atoms with Crippen LogP contribution in [0.3, 0.4) is 0 Å². The molecule has 0 N–H and O–H groups in total. The number of thiazole rings is 1. The Hall–Kier alpha value is -3.05. The summed E-state index contributed by atoms with van der Waals surface area (Å²) in [4.78, 5) is 34.9. The van der Waals surface area contributed by atoms with Crippen molar-refractivity contribution in [3.63, 3.8) is 0 Å². The number of Topliss-reactive ketones (excluding diaryl/α,β-unsaturated/α-hetero) is 1. The van der Waals surface area contributed by atoms with E-state index in [1.807, 2.05) is 25.1 Å². The molecule has 0 unspecified atom stereocenters. The van der Waals surface area contributed by atoms with Crippen LogP contribution in [0.5, 0.6) is 5.75 Å². The third-order valence-electron chi connectivity index (χ3n) is 11.2. The second-order valence-electron chi connectivity index (χ2n) is 14.5. The van der Waals surface area contributed by atoms with Crippen LogP contribution in [0.25, 0.3) is 0 Å². The van der Waals surface area contributed by atoms with Crippen molar-refractivity contribution in [1.82, 2.24) is 4.98 Å². The zero-order valence-electron chi connectivity index (χ0n) is 28.9. The molecule has 1 fully saturated rings. The molecule has 3 aromatic rings. The Balaban J connectivity index is 1.24. The van der Waals surface area contributed by atoms with Crippen LogP contribution in [-0.4, -0.2) is 65.3 Å². The molecule has 4 aliphatic rings. The van der Waals surface area contributed by atoms with E-state index in [2.05, 4.69) is 38.5 Å². The molecule has 2 aromatic carbocycles. The van der Waals surface area contributed by atoms with Gasteiger partial charge in [0, 0.05) is 53.3 Å². The van der Waals surface area contributed by atoms with E-state index < -0.39 is 15.6 Å². The highest BCUT2D eigenvalue weighted by Gasteiger charge is 2.44. The highest BCUT2D eigenvalue weighted by Crippen LogP contribution is 2.47. The molecule has 266 valence electrons. The number of nitrogens with zero attached hydrogens (tertiary/aromatic N) is 3. The van der Waals surface area contributed by atoms with Gasteiger partial charge in [-0.25, -0.2) is 9.19 Å². The summed E-state index contributed by atoms with van der Waals surface area (Å²) in [6, 6.07) is 11.7. The molecule has 3 heterocycles. The van der Waals surface area contributed by atoms with Gasteiger partial charge in [0.25, 0.3) is 5.91 Å². The summed E-state index contributed by atoms with van der Waals surface area (Å²) in [7, 11) is -1.37. The average molecular weight is 736 g/mol. The first-order valence-corrected chi connectivity index (χ1v) is 20.9. The Morgan fingerprint density at radius 1 is 1.20 bits per heavy atom. The molecule has 8 nitrogen and oxygen atoms in total. The van der Waals surface area contributed by atoms with Crippen LogP contribution in [0.4, 0.5) is 5.69 Å². The molecule has 1 amide bonds. The number of rotatable bonds is 6. The third-order valence-corrected chi connectivity index (χ3v) is 14.6. The molecule has 5 atom stereocenters. The smallest absolute Gasteiger partial charge is 0.285 e. The molecular weight excluding hydrogens is 690 g/mol. The summed E-state index contributed by atoms with van der Waals surface area (Å²) in [6.45, 7) is 4.00. The highest BCUT2D eigenvalue weighted by atomic mass is 35.5. The fourth-order valence-electron chi connectivity index (χ4n) is 8.33. The maximum absolute atomic E-state index is 14.4. The lowest BCUT2D eigenvalue weighted by atomic mass is 9.68. The topological polar surface area (TPSA) is 98.2 Å². The Labute approximate surface area is 304 Å².